The van der Waals surface area contributed by atoms with Crippen LogP contribution in [0.4, 0.5) is 0 Å². The van der Waals surface area contributed by atoms with Crippen LogP contribution in [0.15, 0.2) is 0 Å². The summed E-state index contributed by atoms with van der Waals surface area (Å²) in [6.07, 6.45) is 9.41. The number of hydrogen-bond donors (Lipinski definition) is 1. The van der Waals surface area contributed by atoms with Crippen LogP contribution in [0.5, 0.6) is 0 Å². The SMILES string of the molecule is CNC(CC1(OC)CCC1)C1CCOC2(CCOCC2)C1. The third-order valence-corrected chi connectivity index (χ3v) is 6.16. The molecule has 2 saturated heterocycles. The zero-order valence-corrected chi connectivity index (χ0v) is 13.7. The molecule has 0 amide bonds. The summed E-state index contributed by atoms with van der Waals surface area (Å²) in [6, 6.07) is 0.550. The van der Waals surface area contributed by atoms with E-state index in [0.29, 0.717) is 12.0 Å². The van der Waals surface area contributed by atoms with Crippen molar-refractivity contribution in [2.45, 2.75) is 68.6 Å². The Morgan fingerprint density at radius 2 is 1.95 bits per heavy atom. The molecule has 2 atom stereocenters. The van der Waals surface area contributed by atoms with Crippen molar-refractivity contribution in [2.24, 2.45) is 5.92 Å². The Morgan fingerprint density at radius 1 is 1.19 bits per heavy atom. The molecular weight excluding hydrogens is 266 g/mol. The molecule has 2 aliphatic heterocycles. The van der Waals surface area contributed by atoms with E-state index in [1.54, 1.807) is 0 Å². The third-order valence-electron chi connectivity index (χ3n) is 6.16. The van der Waals surface area contributed by atoms with Crippen LogP contribution in [-0.2, 0) is 14.2 Å². The van der Waals surface area contributed by atoms with Crippen molar-refractivity contribution in [3.05, 3.63) is 0 Å². The highest BCUT2D eigenvalue weighted by Gasteiger charge is 2.44. The minimum Gasteiger partial charge on any atom is -0.381 e. The summed E-state index contributed by atoms with van der Waals surface area (Å²) >= 11 is 0. The molecule has 3 rings (SSSR count). The van der Waals surface area contributed by atoms with Crippen LogP contribution in [0.25, 0.3) is 0 Å². The fourth-order valence-electron chi connectivity index (χ4n) is 4.47. The highest BCUT2D eigenvalue weighted by atomic mass is 16.5. The van der Waals surface area contributed by atoms with Crippen molar-refractivity contribution < 1.29 is 14.2 Å². The average molecular weight is 297 g/mol. The molecule has 1 N–H and O–H groups in total. The second-order valence-corrected chi connectivity index (χ2v) is 7.24. The van der Waals surface area contributed by atoms with Crippen molar-refractivity contribution in [1.29, 1.82) is 0 Å². The number of hydrogen-bond acceptors (Lipinski definition) is 4. The van der Waals surface area contributed by atoms with Gasteiger partial charge < -0.3 is 19.5 Å². The first kappa shape index (κ1) is 15.7. The highest BCUT2D eigenvalue weighted by Crippen LogP contribution is 2.43. The van der Waals surface area contributed by atoms with Gasteiger partial charge in [0.15, 0.2) is 0 Å². The van der Waals surface area contributed by atoms with Crippen molar-refractivity contribution in [2.75, 3.05) is 34.0 Å². The topological polar surface area (TPSA) is 39.7 Å². The van der Waals surface area contributed by atoms with Crippen LogP contribution in [0, 0.1) is 5.92 Å². The minimum atomic E-state index is 0.0934. The fourth-order valence-corrected chi connectivity index (χ4v) is 4.47. The molecule has 0 bridgehead atoms. The number of ether oxygens (including phenoxy) is 3. The highest BCUT2D eigenvalue weighted by molar-refractivity contribution is 4.98. The zero-order valence-electron chi connectivity index (χ0n) is 13.7. The van der Waals surface area contributed by atoms with Crippen molar-refractivity contribution >= 4 is 0 Å². The molecule has 1 saturated carbocycles. The Labute approximate surface area is 128 Å². The summed E-state index contributed by atoms with van der Waals surface area (Å²) in [5, 5.41) is 3.59. The van der Waals surface area contributed by atoms with Gasteiger partial charge in [-0.25, -0.2) is 0 Å². The standard InChI is InChI=1S/C17H31NO3/c1-18-15(13-16(19-2)5-3-6-16)14-4-9-21-17(12-14)7-10-20-11-8-17/h14-15,18H,3-13H2,1-2H3. The second kappa shape index (κ2) is 6.53. The third kappa shape index (κ3) is 3.29. The molecule has 21 heavy (non-hydrogen) atoms. The fraction of sp³-hybridized carbons (Fsp3) is 1.00. The van der Waals surface area contributed by atoms with Gasteiger partial charge in [-0.2, -0.15) is 0 Å². The van der Waals surface area contributed by atoms with E-state index in [1.165, 1.54) is 32.1 Å². The first-order valence-electron chi connectivity index (χ1n) is 8.65. The van der Waals surface area contributed by atoms with Gasteiger partial charge in [0.1, 0.15) is 0 Å². The number of rotatable bonds is 5. The van der Waals surface area contributed by atoms with Gasteiger partial charge in [-0.05, 0) is 64.3 Å². The van der Waals surface area contributed by atoms with Crippen LogP contribution in [0.1, 0.15) is 51.4 Å². The lowest BCUT2D eigenvalue weighted by Crippen LogP contribution is -2.52. The van der Waals surface area contributed by atoms with Crippen molar-refractivity contribution in [3.8, 4) is 0 Å². The zero-order chi connectivity index (χ0) is 14.8. The van der Waals surface area contributed by atoms with Crippen LogP contribution < -0.4 is 5.32 Å². The van der Waals surface area contributed by atoms with Crippen LogP contribution in [-0.4, -0.2) is 51.2 Å². The van der Waals surface area contributed by atoms with Crippen LogP contribution in [0.3, 0.4) is 0 Å². The molecule has 0 aromatic heterocycles. The maximum Gasteiger partial charge on any atom is 0.0729 e. The summed E-state index contributed by atoms with van der Waals surface area (Å²) in [7, 11) is 3.99. The largest absolute Gasteiger partial charge is 0.381 e. The molecule has 122 valence electrons. The molecule has 1 spiro atoms. The lowest BCUT2D eigenvalue weighted by molar-refractivity contribution is -0.155. The smallest absolute Gasteiger partial charge is 0.0729 e. The predicted molar refractivity (Wildman–Crippen MR) is 82.5 cm³/mol. The molecule has 1 aliphatic carbocycles. The van der Waals surface area contributed by atoms with E-state index in [-0.39, 0.29) is 11.2 Å². The van der Waals surface area contributed by atoms with Gasteiger partial charge in [-0.3, -0.25) is 0 Å². The Hall–Kier alpha value is -0.160. The van der Waals surface area contributed by atoms with E-state index in [2.05, 4.69) is 12.4 Å². The molecular formula is C17H31NO3. The Kier molecular flexibility index (Phi) is 4.89. The van der Waals surface area contributed by atoms with Crippen molar-refractivity contribution in [1.82, 2.24) is 5.32 Å². The van der Waals surface area contributed by atoms with E-state index in [1.807, 2.05) is 7.11 Å². The molecule has 2 heterocycles. The predicted octanol–water partition coefficient (Wildman–Crippen LogP) is 2.51. The molecule has 3 fully saturated rings. The molecule has 4 nitrogen and oxygen atoms in total. The summed E-state index contributed by atoms with van der Waals surface area (Å²) in [5.41, 5.74) is 0.241. The molecule has 0 radical (unpaired) electrons. The summed E-state index contributed by atoms with van der Waals surface area (Å²) in [6.45, 7) is 2.63. The Morgan fingerprint density at radius 3 is 2.52 bits per heavy atom. The monoisotopic (exact) mass is 297 g/mol. The first-order chi connectivity index (χ1) is 10.2. The molecule has 0 aromatic carbocycles. The molecule has 2 unspecified atom stereocenters. The van der Waals surface area contributed by atoms with E-state index in [9.17, 15) is 0 Å². The van der Waals surface area contributed by atoms with Gasteiger partial charge in [0, 0.05) is 33.0 Å². The molecule has 0 aromatic rings. The summed E-state index contributed by atoms with van der Waals surface area (Å²) < 4.78 is 17.6. The van der Waals surface area contributed by atoms with Crippen molar-refractivity contribution in [3.63, 3.8) is 0 Å². The van der Waals surface area contributed by atoms with Gasteiger partial charge in [0.25, 0.3) is 0 Å². The van der Waals surface area contributed by atoms with Gasteiger partial charge in [-0.15, -0.1) is 0 Å². The average Bonchev–Trinajstić information content (AvgIpc) is 2.48. The Balaban J connectivity index is 1.63. The minimum absolute atomic E-state index is 0.0934. The van der Waals surface area contributed by atoms with E-state index >= 15 is 0 Å². The quantitative estimate of drug-likeness (QED) is 0.846. The van der Waals surface area contributed by atoms with Gasteiger partial charge in [0.2, 0.25) is 0 Å². The van der Waals surface area contributed by atoms with E-state index in [0.717, 1.165) is 39.1 Å². The van der Waals surface area contributed by atoms with E-state index in [4.69, 9.17) is 14.2 Å². The van der Waals surface area contributed by atoms with Gasteiger partial charge in [-0.1, -0.05) is 0 Å². The summed E-state index contributed by atoms with van der Waals surface area (Å²) in [4.78, 5) is 0. The van der Waals surface area contributed by atoms with E-state index < -0.39 is 0 Å². The van der Waals surface area contributed by atoms with Crippen LogP contribution >= 0.6 is 0 Å². The Bertz CT molecular complexity index is 326. The van der Waals surface area contributed by atoms with Crippen LogP contribution in [0.2, 0.25) is 0 Å². The lowest BCUT2D eigenvalue weighted by atomic mass is 9.70. The maximum absolute atomic E-state index is 6.19. The number of methoxy groups -OCH3 is 1. The molecule has 4 heteroatoms. The summed E-state index contributed by atoms with van der Waals surface area (Å²) in [5.74, 6) is 0.703. The number of nitrogens with one attached hydrogen (secondary N) is 1. The maximum atomic E-state index is 6.19. The first-order valence-corrected chi connectivity index (χ1v) is 8.65. The molecule has 3 aliphatic rings. The normalized spacial score (nSPS) is 32.6. The second-order valence-electron chi connectivity index (χ2n) is 7.24. The van der Waals surface area contributed by atoms with Gasteiger partial charge >= 0.3 is 0 Å². The lowest BCUT2D eigenvalue weighted by Gasteiger charge is -2.48. The van der Waals surface area contributed by atoms with Gasteiger partial charge in [0.05, 0.1) is 11.2 Å².